The molecule has 2 heteroatoms. The number of nitrogens with two attached hydrogens (primary N) is 1. The van der Waals surface area contributed by atoms with Crippen molar-refractivity contribution in [3.8, 4) is 0 Å². The fraction of sp³-hybridized carbons (Fsp3) is 1.00. The van der Waals surface area contributed by atoms with Crippen LogP contribution in [-0.4, -0.2) is 18.6 Å². The summed E-state index contributed by atoms with van der Waals surface area (Å²) in [4.78, 5) is 0. The van der Waals surface area contributed by atoms with Crippen LogP contribution in [0.1, 0.15) is 40.0 Å². The van der Waals surface area contributed by atoms with Gasteiger partial charge in [0.15, 0.2) is 0 Å². The molecule has 0 aromatic carbocycles. The van der Waals surface area contributed by atoms with Gasteiger partial charge >= 0.3 is 0 Å². The Morgan fingerprint density at radius 2 is 1.92 bits per heavy atom. The van der Waals surface area contributed by atoms with Crippen molar-refractivity contribution in [3.63, 3.8) is 0 Å². The van der Waals surface area contributed by atoms with Crippen LogP contribution in [0.2, 0.25) is 0 Å². The molecule has 0 bridgehead atoms. The first-order valence-electron chi connectivity index (χ1n) is 5.61. The summed E-state index contributed by atoms with van der Waals surface area (Å²) >= 11 is 0. The molecule has 13 heavy (non-hydrogen) atoms. The fourth-order valence-electron chi connectivity index (χ4n) is 1.69. The van der Waals surface area contributed by atoms with Gasteiger partial charge in [0.05, 0.1) is 0 Å². The Hall–Kier alpha value is -0.0800. The zero-order chi connectivity index (χ0) is 9.90. The van der Waals surface area contributed by atoms with Gasteiger partial charge in [0.1, 0.15) is 0 Å². The molecule has 1 saturated carbocycles. The first kappa shape index (κ1) is 11.0. The minimum absolute atomic E-state index is 0.0259. The predicted molar refractivity (Wildman–Crippen MR) is 57.6 cm³/mol. The van der Waals surface area contributed by atoms with Gasteiger partial charge in [-0.3, -0.25) is 0 Å². The highest BCUT2D eigenvalue weighted by Gasteiger charge is 2.32. The second-order valence-corrected chi connectivity index (χ2v) is 4.67. The molecule has 1 rings (SSSR count). The average Bonchev–Trinajstić information content (AvgIpc) is 2.82. The van der Waals surface area contributed by atoms with Crippen LogP contribution in [0.25, 0.3) is 0 Å². The maximum absolute atomic E-state index is 6.18. The van der Waals surface area contributed by atoms with E-state index in [0.29, 0.717) is 0 Å². The van der Waals surface area contributed by atoms with Crippen LogP contribution in [-0.2, 0) is 0 Å². The lowest BCUT2D eigenvalue weighted by Gasteiger charge is -2.27. The van der Waals surface area contributed by atoms with Gasteiger partial charge in [0.2, 0.25) is 0 Å². The van der Waals surface area contributed by atoms with E-state index >= 15 is 0 Å². The highest BCUT2D eigenvalue weighted by Crippen LogP contribution is 2.36. The summed E-state index contributed by atoms with van der Waals surface area (Å²) in [7, 11) is 0. The van der Waals surface area contributed by atoms with Gasteiger partial charge in [-0.15, -0.1) is 0 Å². The molecule has 0 spiro atoms. The molecule has 0 heterocycles. The van der Waals surface area contributed by atoms with Crippen molar-refractivity contribution >= 4 is 0 Å². The van der Waals surface area contributed by atoms with Crippen molar-refractivity contribution in [1.29, 1.82) is 0 Å². The minimum atomic E-state index is 0.0259. The summed E-state index contributed by atoms with van der Waals surface area (Å²) in [5.41, 5.74) is 6.20. The van der Waals surface area contributed by atoms with E-state index < -0.39 is 0 Å². The van der Waals surface area contributed by atoms with E-state index in [4.69, 9.17) is 5.73 Å². The van der Waals surface area contributed by atoms with Crippen LogP contribution in [0.3, 0.4) is 0 Å². The third-order valence-corrected chi connectivity index (χ3v) is 3.57. The SMILES string of the molecule is CCC(N)(CC)CNCC1CC1C. The largest absolute Gasteiger partial charge is 0.324 e. The molecule has 1 aliphatic rings. The Labute approximate surface area is 82.3 Å². The van der Waals surface area contributed by atoms with E-state index in [1.165, 1.54) is 13.0 Å². The van der Waals surface area contributed by atoms with Crippen LogP contribution in [0.5, 0.6) is 0 Å². The Morgan fingerprint density at radius 3 is 2.31 bits per heavy atom. The molecule has 0 amide bonds. The van der Waals surface area contributed by atoms with Crippen molar-refractivity contribution < 1.29 is 0 Å². The van der Waals surface area contributed by atoms with Crippen LogP contribution in [0, 0.1) is 11.8 Å². The topological polar surface area (TPSA) is 38.0 Å². The molecule has 0 aromatic heterocycles. The Kier molecular flexibility index (Phi) is 3.74. The second kappa shape index (κ2) is 4.43. The molecule has 1 aliphatic carbocycles. The second-order valence-electron chi connectivity index (χ2n) is 4.67. The van der Waals surface area contributed by atoms with Gasteiger partial charge in [0.25, 0.3) is 0 Å². The quantitative estimate of drug-likeness (QED) is 0.660. The normalized spacial score (nSPS) is 27.7. The number of rotatable bonds is 6. The lowest BCUT2D eigenvalue weighted by molar-refractivity contribution is 0.366. The van der Waals surface area contributed by atoms with E-state index in [9.17, 15) is 0 Å². The van der Waals surface area contributed by atoms with Gasteiger partial charge in [-0.25, -0.2) is 0 Å². The zero-order valence-corrected chi connectivity index (χ0v) is 9.27. The third-order valence-electron chi connectivity index (χ3n) is 3.57. The first-order chi connectivity index (χ1) is 6.11. The summed E-state index contributed by atoms with van der Waals surface area (Å²) in [6, 6.07) is 0. The zero-order valence-electron chi connectivity index (χ0n) is 9.27. The van der Waals surface area contributed by atoms with Gasteiger partial charge in [-0.2, -0.15) is 0 Å². The number of hydrogen-bond acceptors (Lipinski definition) is 2. The van der Waals surface area contributed by atoms with E-state index in [1.807, 2.05) is 0 Å². The standard InChI is InChI=1S/C11H24N2/c1-4-11(12,5-2)8-13-7-10-6-9(10)3/h9-10,13H,4-8,12H2,1-3H3. The lowest BCUT2D eigenvalue weighted by Crippen LogP contribution is -2.48. The molecule has 3 N–H and O–H groups in total. The summed E-state index contributed by atoms with van der Waals surface area (Å²) in [5.74, 6) is 1.88. The summed E-state index contributed by atoms with van der Waals surface area (Å²) in [6.45, 7) is 8.81. The highest BCUT2D eigenvalue weighted by atomic mass is 14.9. The van der Waals surface area contributed by atoms with Crippen molar-refractivity contribution in [2.75, 3.05) is 13.1 Å². The van der Waals surface area contributed by atoms with Crippen molar-refractivity contribution in [2.45, 2.75) is 45.6 Å². The summed E-state index contributed by atoms with van der Waals surface area (Å²) in [6.07, 6.45) is 3.54. The molecule has 0 radical (unpaired) electrons. The average molecular weight is 184 g/mol. The van der Waals surface area contributed by atoms with Crippen molar-refractivity contribution in [3.05, 3.63) is 0 Å². The van der Waals surface area contributed by atoms with Crippen LogP contribution >= 0.6 is 0 Å². The van der Waals surface area contributed by atoms with Crippen LogP contribution in [0.4, 0.5) is 0 Å². The van der Waals surface area contributed by atoms with Crippen LogP contribution < -0.4 is 11.1 Å². The lowest BCUT2D eigenvalue weighted by atomic mass is 9.94. The van der Waals surface area contributed by atoms with Gasteiger partial charge in [-0.1, -0.05) is 20.8 Å². The molecule has 1 fully saturated rings. The number of hydrogen-bond donors (Lipinski definition) is 2. The van der Waals surface area contributed by atoms with E-state index in [-0.39, 0.29) is 5.54 Å². The monoisotopic (exact) mass is 184 g/mol. The third kappa shape index (κ3) is 3.28. The van der Waals surface area contributed by atoms with E-state index in [2.05, 4.69) is 26.1 Å². The molecule has 0 saturated heterocycles. The molecular formula is C11H24N2. The Balaban J connectivity index is 2.09. The van der Waals surface area contributed by atoms with Crippen molar-refractivity contribution in [1.82, 2.24) is 5.32 Å². The Morgan fingerprint density at radius 1 is 1.38 bits per heavy atom. The highest BCUT2D eigenvalue weighted by molar-refractivity contribution is 4.87. The molecule has 2 nitrogen and oxygen atoms in total. The Bertz CT molecular complexity index is 152. The van der Waals surface area contributed by atoms with E-state index in [1.54, 1.807) is 0 Å². The van der Waals surface area contributed by atoms with Gasteiger partial charge < -0.3 is 11.1 Å². The maximum Gasteiger partial charge on any atom is 0.0275 e. The fourth-order valence-corrected chi connectivity index (χ4v) is 1.69. The summed E-state index contributed by atoms with van der Waals surface area (Å²) < 4.78 is 0. The molecule has 2 unspecified atom stereocenters. The molecule has 78 valence electrons. The molecular weight excluding hydrogens is 160 g/mol. The minimum Gasteiger partial charge on any atom is -0.324 e. The van der Waals surface area contributed by atoms with Crippen LogP contribution in [0.15, 0.2) is 0 Å². The maximum atomic E-state index is 6.18. The first-order valence-corrected chi connectivity index (χ1v) is 5.61. The molecule has 0 aromatic rings. The molecule has 2 atom stereocenters. The number of nitrogens with one attached hydrogen (secondary N) is 1. The van der Waals surface area contributed by atoms with Gasteiger partial charge in [-0.05, 0) is 37.6 Å². The van der Waals surface area contributed by atoms with Gasteiger partial charge in [0, 0.05) is 12.1 Å². The molecule has 0 aliphatic heterocycles. The van der Waals surface area contributed by atoms with Crippen molar-refractivity contribution in [2.24, 2.45) is 17.6 Å². The smallest absolute Gasteiger partial charge is 0.0275 e. The van der Waals surface area contributed by atoms with E-state index in [0.717, 1.165) is 31.2 Å². The summed E-state index contributed by atoms with van der Waals surface area (Å²) in [5, 5.41) is 3.50. The predicted octanol–water partition coefficient (Wildman–Crippen LogP) is 1.75.